The van der Waals surface area contributed by atoms with Gasteiger partial charge in [-0.1, -0.05) is 0 Å². The van der Waals surface area contributed by atoms with Gasteiger partial charge in [0.25, 0.3) is 11.8 Å². The van der Waals surface area contributed by atoms with Crippen LogP contribution in [0, 0.1) is 0 Å². The largest absolute Gasteiger partial charge is 0.368 e. The highest BCUT2D eigenvalue weighted by atomic mass is 32.2. The Balaban J connectivity index is 3.07. The second-order valence-corrected chi connectivity index (χ2v) is 20.9. The molecule has 408 valence electrons. The van der Waals surface area contributed by atoms with E-state index >= 15 is 0 Å². The second-order valence-electron chi connectivity index (χ2n) is 17.0. The molecule has 0 aromatic heterocycles. The van der Waals surface area contributed by atoms with Gasteiger partial charge in [-0.3, -0.25) is 57.6 Å². The Hall–Kier alpha value is -4.49. The van der Waals surface area contributed by atoms with Crippen molar-refractivity contribution in [3.63, 3.8) is 0 Å². The molecular weight excluding hydrogens is 1010 g/mol. The third kappa shape index (κ3) is 31.2. The molecule has 1 heterocycles. The van der Waals surface area contributed by atoms with Gasteiger partial charge in [0.1, 0.15) is 24.2 Å². The van der Waals surface area contributed by atoms with E-state index < -0.39 is 53.7 Å². The molecule has 0 saturated heterocycles. The zero-order valence-electron chi connectivity index (χ0n) is 42.5. The number of nitrogens with two attached hydrogens (primary N) is 1. The number of carbonyl (C=O) groups excluding carboxylic acids is 11. The highest BCUT2D eigenvalue weighted by molar-refractivity contribution is 7.99. The van der Waals surface area contributed by atoms with Crippen molar-refractivity contribution < 1.29 is 52.7 Å². The molecule has 1 aliphatic rings. The van der Waals surface area contributed by atoms with E-state index in [4.69, 9.17) is 5.73 Å². The van der Waals surface area contributed by atoms with Crippen LogP contribution in [0.3, 0.4) is 0 Å². The molecule has 1 aliphatic heterocycles. The fraction of sp³-hybridized carbons (Fsp3) is 0.723. The van der Waals surface area contributed by atoms with Gasteiger partial charge < -0.3 is 48.3 Å². The maximum atomic E-state index is 14.0. The summed E-state index contributed by atoms with van der Waals surface area (Å²) in [6.45, 7) is 1.16. The minimum Gasteiger partial charge on any atom is -0.368 e. The van der Waals surface area contributed by atoms with E-state index in [1.807, 2.05) is 25.0 Å². The SMILES string of the molecule is CSCCC(=O)NCCCCC(NC(=O)CCSC)C(=O)NCCCCC(NC(=O)C(CCCCNC(=O)CCSC)NC(=O)CCSC)C(=O)NC(CCCCNC(=O)CCN1C(=O)C=CC1=O)C(N)=O. The first-order valence-corrected chi connectivity index (χ1v) is 30.2. The molecule has 0 radical (unpaired) electrons. The van der Waals surface area contributed by atoms with Crippen LogP contribution in [-0.2, 0) is 52.7 Å². The van der Waals surface area contributed by atoms with Crippen molar-refractivity contribution >= 4 is 112 Å². The summed E-state index contributed by atoms with van der Waals surface area (Å²) in [6, 6.07) is -4.15. The lowest BCUT2D eigenvalue weighted by atomic mass is 10.0. The Morgan fingerprint density at radius 2 is 0.750 bits per heavy atom. The zero-order chi connectivity index (χ0) is 53.5. The summed E-state index contributed by atoms with van der Waals surface area (Å²) < 4.78 is 0. The number of hydrogen-bond donors (Lipinski definition) is 9. The molecule has 0 aromatic rings. The monoisotopic (exact) mass is 1090 g/mol. The fourth-order valence-electron chi connectivity index (χ4n) is 6.99. The molecule has 10 N–H and O–H groups in total. The number of unbranched alkanes of at least 4 members (excludes halogenated alkanes) is 4. The van der Waals surface area contributed by atoms with Gasteiger partial charge in [-0.25, -0.2) is 0 Å². The summed E-state index contributed by atoms with van der Waals surface area (Å²) in [6.07, 6.45) is 15.3. The van der Waals surface area contributed by atoms with E-state index in [1.165, 1.54) is 23.5 Å². The quantitative estimate of drug-likeness (QED) is 0.0303. The number of thioether (sulfide) groups is 4. The highest BCUT2D eigenvalue weighted by Gasteiger charge is 2.29. The summed E-state index contributed by atoms with van der Waals surface area (Å²) in [5, 5.41) is 22.4. The van der Waals surface area contributed by atoms with Crippen molar-refractivity contribution in [2.75, 3.05) is 80.8 Å². The summed E-state index contributed by atoms with van der Waals surface area (Å²) in [4.78, 5) is 140. The van der Waals surface area contributed by atoms with Gasteiger partial charge in [0, 0.05) is 100.0 Å². The summed E-state index contributed by atoms with van der Waals surface area (Å²) in [5.74, 6) is -2.07. The summed E-state index contributed by atoms with van der Waals surface area (Å²) in [5.41, 5.74) is 5.72. The fourth-order valence-corrected chi connectivity index (χ4v) is 8.55. The van der Waals surface area contributed by atoms with E-state index in [0.717, 1.165) is 22.8 Å². The lowest BCUT2D eigenvalue weighted by Crippen LogP contribution is -2.56. The second kappa shape index (κ2) is 40.9. The van der Waals surface area contributed by atoms with Gasteiger partial charge >= 0.3 is 0 Å². The number of rotatable bonds is 43. The van der Waals surface area contributed by atoms with Crippen LogP contribution < -0.4 is 48.3 Å². The van der Waals surface area contributed by atoms with Gasteiger partial charge in [0.05, 0.1) is 0 Å². The molecule has 0 saturated carbocycles. The maximum absolute atomic E-state index is 14.0. The predicted molar refractivity (Wildman–Crippen MR) is 287 cm³/mol. The Morgan fingerprint density at radius 1 is 0.431 bits per heavy atom. The van der Waals surface area contributed by atoms with Gasteiger partial charge in [0.15, 0.2) is 0 Å². The van der Waals surface area contributed by atoms with Crippen LogP contribution in [0.15, 0.2) is 12.2 Å². The van der Waals surface area contributed by atoms with Crippen LogP contribution >= 0.6 is 47.0 Å². The van der Waals surface area contributed by atoms with E-state index in [0.29, 0.717) is 101 Å². The molecule has 21 nitrogen and oxygen atoms in total. The molecule has 25 heteroatoms. The topological polar surface area (TPSA) is 313 Å². The molecule has 0 aliphatic carbocycles. The number of hydrogen-bond acceptors (Lipinski definition) is 15. The first-order chi connectivity index (χ1) is 34.6. The molecule has 0 spiro atoms. The number of amides is 11. The molecular formula is C47H80N10O11S4. The van der Waals surface area contributed by atoms with Crippen molar-refractivity contribution in [3.8, 4) is 0 Å². The number of imide groups is 1. The van der Waals surface area contributed by atoms with Crippen LogP contribution in [0.1, 0.15) is 109 Å². The van der Waals surface area contributed by atoms with Crippen LogP contribution in [0.2, 0.25) is 0 Å². The Kier molecular flexibility index (Phi) is 37.2. The van der Waals surface area contributed by atoms with E-state index in [9.17, 15) is 52.7 Å². The minimum absolute atomic E-state index is 0.0414. The average molecular weight is 1090 g/mol. The molecule has 4 unspecified atom stereocenters. The van der Waals surface area contributed by atoms with Crippen molar-refractivity contribution in [2.45, 2.75) is 133 Å². The molecule has 4 atom stereocenters. The summed E-state index contributed by atoms with van der Waals surface area (Å²) >= 11 is 6.13. The summed E-state index contributed by atoms with van der Waals surface area (Å²) in [7, 11) is 0. The van der Waals surface area contributed by atoms with Crippen molar-refractivity contribution in [1.29, 1.82) is 0 Å². The lowest BCUT2D eigenvalue weighted by Gasteiger charge is -2.25. The maximum Gasteiger partial charge on any atom is 0.253 e. The molecule has 0 fully saturated rings. The van der Waals surface area contributed by atoms with Crippen LogP contribution in [-0.4, -0.2) is 175 Å². The van der Waals surface area contributed by atoms with Crippen LogP contribution in [0.25, 0.3) is 0 Å². The Labute approximate surface area is 442 Å². The normalized spacial score (nSPS) is 13.6. The van der Waals surface area contributed by atoms with Crippen molar-refractivity contribution in [3.05, 3.63) is 12.2 Å². The van der Waals surface area contributed by atoms with E-state index in [1.54, 1.807) is 23.5 Å². The molecule has 0 bridgehead atoms. The lowest BCUT2D eigenvalue weighted by molar-refractivity contribution is -0.137. The number of primary amides is 1. The third-order valence-electron chi connectivity index (χ3n) is 11.1. The standard InChI is InChI=1S/C47H80N10O11S4/c1-69-29-20-38(59)50-25-10-6-14-34(53-40(61)22-31-71-3)45(66)52-27-12-8-16-36(56-46(67)35(54-41(62)23-32-72-4)15-7-11-26-51-39(60)21-30-70-2)47(68)55-33(44(48)65)13-5-9-24-49-37(58)19-28-57-42(63)17-18-43(57)64/h17-18,33-36H,5-16,19-32H2,1-4H3,(H2,48,65)(H,49,58)(H,50,59)(H,51,60)(H,52,66)(H,53,61)(H,54,62)(H,55,68)(H,56,67). The highest BCUT2D eigenvalue weighted by Crippen LogP contribution is 2.11. The molecule has 0 aromatic carbocycles. The predicted octanol–water partition coefficient (Wildman–Crippen LogP) is 0.884. The Bertz CT molecular complexity index is 1760. The van der Waals surface area contributed by atoms with Gasteiger partial charge in [-0.15, -0.1) is 0 Å². The smallest absolute Gasteiger partial charge is 0.253 e. The number of nitrogens with zero attached hydrogens (tertiary/aromatic N) is 1. The first-order valence-electron chi connectivity index (χ1n) is 24.6. The minimum atomic E-state index is -1.19. The third-order valence-corrected chi connectivity index (χ3v) is 13.6. The van der Waals surface area contributed by atoms with Crippen LogP contribution in [0.4, 0.5) is 0 Å². The van der Waals surface area contributed by atoms with Crippen molar-refractivity contribution in [2.24, 2.45) is 5.73 Å². The van der Waals surface area contributed by atoms with Crippen molar-refractivity contribution in [1.82, 2.24) is 47.4 Å². The van der Waals surface area contributed by atoms with Gasteiger partial charge in [0.2, 0.25) is 53.2 Å². The van der Waals surface area contributed by atoms with Gasteiger partial charge in [-0.2, -0.15) is 47.0 Å². The number of nitrogens with one attached hydrogen (secondary N) is 8. The molecule has 72 heavy (non-hydrogen) atoms. The van der Waals surface area contributed by atoms with Gasteiger partial charge in [-0.05, 0) is 102 Å². The Morgan fingerprint density at radius 3 is 1.14 bits per heavy atom. The first kappa shape index (κ1) is 65.5. The van der Waals surface area contributed by atoms with E-state index in [2.05, 4.69) is 42.5 Å². The van der Waals surface area contributed by atoms with Crippen LogP contribution in [0.5, 0.6) is 0 Å². The molecule has 11 amide bonds. The zero-order valence-corrected chi connectivity index (χ0v) is 45.8. The number of carbonyl (C=O) groups is 11. The molecule has 1 rings (SSSR count). The average Bonchev–Trinajstić information content (AvgIpc) is 3.68. The van der Waals surface area contributed by atoms with E-state index in [-0.39, 0.29) is 93.6 Å².